The minimum Gasteiger partial charge on any atom is -0.455 e. The second-order valence-corrected chi connectivity index (χ2v) is 11.8. The second-order valence-electron chi connectivity index (χ2n) is 11.8. The first kappa shape index (κ1) is 12.7. The molecular weight excluding hydrogens is 693 g/mol. The molecule has 0 atom stereocenters. The van der Waals surface area contributed by atoms with E-state index >= 15 is 0 Å². The number of furan rings is 1. The van der Waals surface area contributed by atoms with Gasteiger partial charge in [-0.2, -0.15) is 0 Å². The highest BCUT2D eigenvalue weighted by atomic mass is 16.3. The summed E-state index contributed by atoms with van der Waals surface area (Å²) in [7, 11) is 0. The molecule has 2 heterocycles. The van der Waals surface area contributed by atoms with Gasteiger partial charge >= 0.3 is 0 Å². The predicted octanol–water partition coefficient (Wildman–Crippen LogP) is 15.2. The molecule has 11 aromatic rings. The molecular formula is C54H36N2O. The van der Waals surface area contributed by atoms with Gasteiger partial charge in [0.25, 0.3) is 0 Å². The van der Waals surface area contributed by atoms with Crippen molar-refractivity contribution in [3.8, 4) is 39.1 Å². The molecule has 3 nitrogen and oxygen atoms in total. The number of rotatable bonds is 7. The summed E-state index contributed by atoms with van der Waals surface area (Å²) in [5.74, 6) is 0. The fraction of sp³-hybridized carbons (Fsp3) is 0. The Morgan fingerprint density at radius 1 is 0.386 bits per heavy atom. The van der Waals surface area contributed by atoms with Gasteiger partial charge in [0.2, 0.25) is 0 Å². The van der Waals surface area contributed by atoms with Crippen LogP contribution in [0, 0.1) is 0 Å². The van der Waals surface area contributed by atoms with Crippen LogP contribution < -0.4 is 4.90 Å². The fourth-order valence-electron chi connectivity index (χ4n) is 6.28. The van der Waals surface area contributed by atoms with E-state index in [1.165, 1.54) is 0 Å². The van der Waals surface area contributed by atoms with Crippen molar-refractivity contribution in [3.63, 3.8) is 0 Å². The third kappa shape index (κ3) is 5.51. The smallest absolute Gasteiger partial charge is 0.145 e. The molecule has 0 aliphatic carbocycles. The van der Waals surface area contributed by atoms with Crippen molar-refractivity contribution in [2.75, 3.05) is 4.90 Å². The topological polar surface area (TPSA) is 21.3 Å². The van der Waals surface area contributed by atoms with Gasteiger partial charge in [-0.3, -0.25) is 0 Å². The number of para-hydroxylation sites is 4. The molecule has 0 saturated heterocycles. The Morgan fingerprint density at radius 3 is 1.46 bits per heavy atom. The first-order valence-electron chi connectivity index (χ1n) is 34.5. The first-order valence-corrected chi connectivity index (χ1v) is 16.5. The molecule has 0 amide bonds. The van der Waals surface area contributed by atoms with Crippen LogP contribution in [0.25, 0.3) is 82.8 Å². The van der Waals surface area contributed by atoms with Gasteiger partial charge in [0.15, 0.2) is 0 Å². The Kier molecular flexibility index (Phi) is 3.03. The lowest BCUT2D eigenvalue weighted by Gasteiger charge is -2.27. The van der Waals surface area contributed by atoms with Gasteiger partial charge in [-0.15, -0.1) is 0 Å². The van der Waals surface area contributed by atoms with Crippen molar-refractivity contribution in [1.29, 1.82) is 0 Å². The maximum Gasteiger partial charge on any atom is 0.145 e. The molecule has 268 valence electrons. The highest BCUT2D eigenvalue weighted by Crippen LogP contribution is 2.48. The minimum absolute atomic E-state index is 0.294. The Bertz CT molecular complexity index is 5030. The molecule has 11 rings (SSSR count). The Morgan fingerprint density at radius 2 is 0.860 bits per heavy atom. The van der Waals surface area contributed by atoms with Gasteiger partial charge in [0.05, 0.1) is 77.1 Å². The molecule has 0 saturated carbocycles. The third-order valence-corrected chi connectivity index (χ3v) is 8.67. The molecule has 0 fully saturated rings. The predicted molar refractivity (Wildman–Crippen MR) is 239 cm³/mol. The van der Waals surface area contributed by atoms with Crippen molar-refractivity contribution >= 4 is 60.8 Å². The normalized spacial score (nSPS) is 20.4. The number of benzene rings is 9. The van der Waals surface area contributed by atoms with Gasteiger partial charge in [0, 0.05) is 38.7 Å². The molecule has 0 aliphatic rings. The largest absolute Gasteiger partial charge is 0.455 e. The summed E-state index contributed by atoms with van der Waals surface area (Å²) in [6.07, 6.45) is 0. The zero-order chi connectivity index (χ0) is 69.0. The molecule has 0 N–H and O–H groups in total. The lowest BCUT2D eigenvalue weighted by Crippen LogP contribution is -2.10. The van der Waals surface area contributed by atoms with Crippen LogP contribution in [0.3, 0.4) is 0 Å². The molecule has 9 aromatic carbocycles. The van der Waals surface area contributed by atoms with E-state index in [1.807, 2.05) is 0 Å². The van der Waals surface area contributed by atoms with E-state index < -0.39 is 317 Å². The summed E-state index contributed by atoms with van der Waals surface area (Å²) in [5.41, 5.74) is -14.1. The van der Waals surface area contributed by atoms with Crippen molar-refractivity contribution in [2.45, 2.75) is 0 Å². The molecule has 0 radical (unpaired) electrons. The van der Waals surface area contributed by atoms with E-state index in [-0.39, 0.29) is 0 Å². The van der Waals surface area contributed by atoms with Crippen LogP contribution in [0.2, 0.25) is 0 Å². The number of aromatic nitrogens is 1. The van der Waals surface area contributed by atoms with E-state index in [1.54, 1.807) is 0 Å². The summed E-state index contributed by atoms with van der Waals surface area (Å²) >= 11 is 0. The van der Waals surface area contributed by atoms with E-state index in [0.29, 0.717) is 9.47 Å². The maximum absolute atomic E-state index is 10.3. The van der Waals surface area contributed by atoms with Gasteiger partial charge in [-0.05, 0) is 82.7 Å². The van der Waals surface area contributed by atoms with Crippen LogP contribution in [-0.2, 0) is 0 Å². The first-order chi connectivity index (χ1) is 43.3. The quantitative estimate of drug-likeness (QED) is 0.161. The Balaban J connectivity index is 1.42. The molecule has 3 heteroatoms. The van der Waals surface area contributed by atoms with Gasteiger partial charge < -0.3 is 13.9 Å². The monoisotopic (exact) mass is 765 g/mol. The summed E-state index contributed by atoms with van der Waals surface area (Å²) in [6.45, 7) is 0. The van der Waals surface area contributed by atoms with E-state index in [2.05, 4.69) is 0 Å². The summed E-state index contributed by atoms with van der Waals surface area (Å²) < 4.78 is 335. The van der Waals surface area contributed by atoms with Crippen LogP contribution in [0.1, 0.15) is 49.3 Å². The van der Waals surface area contributed by atoms with Crippen LogP contribution in [0.4, 0.5) is 17.1 Å². The van der Waals surface area contributed by atoms with E-state index in [9.17, 15) is 21.9 Å². The summed E-state index contributed by atoms with van der Waals surface area (Å²) in [6, 6.07) is -40.1. The molecule has 0 unspecified atom stereocenters. The second kappa shape index (κ2) is 13.6. The van der Waals surface area contributed by atoms with Crippen LogP contribution in [-0.4, -0.2) is 4.57 Å². The average molecular weight is 765 g/mol. The molecule has 57 heavy (non-hydrogen) atoms. The standard InChI is InChI=1S/C54H36N2O/c1-3-15-37(16-4-1)39-27-31-41(32-28-39)55(42-33-29-40(30-34-42)38-17-5-2-6-18-38)51-36-35-46(54-53(51)47-22-10-14-26-52(47)57-54)45-21-9-13-25-50(45)56-48-23-11-7-19-43(48)44-20-8-12-24-49(44)56/h1-36H/i1D,2D,3D,4D,5D,6D,7D,8D,9D,10D,11D,12D,13D,14D,15D,16D,17D,18D,19D,20D,21D,22D,23D,24D,25D,26D,27D,28D,29D,30D,31D,32D,33D,34D,35D,36D. The zero-order valence-corrected chi connectivity index (χ0v) is 28.3. The molecule has 0 bridgehead atoms. The van der Waals surface area contributed by atoms with Crippen molar-refractivity contribution < 1.29 is 53.8 Å². The average Bonchev–Trinajstić information content (AvgIpc) is 1.61. The zero-order valence-electron chi connectivity index (χ0n) is 64.3. The van der Waals surface area contributed by atoms with Crippen LogP contribution in [0.15, 0.2) is 222 Å². The Labute approximate surface area is 381 Å². The van der Waals surface area contributed by atoms with Crippen molar-refractivity contribution in [1.82, 2.24) is 4.57 Å². The van der Waals surface area contributed by atoms with Crippen LogP contribution in [0.5, 0.6) is 0 Å². The fourth-order valence-corrected chi connectivity index (χ4v) is 6.28. The highest BCUT2D eigenvalue weighted by Gasteiger charge is 2.24. The highest BCUT2D eigenvalue weighted by molar-refractivity contribution is 6.18. The molecule has 0 spiro atoms. The number of nitrogens with zero attached hydrogens (tertiary/aromatic N) is 2. The van der Waals surface area contributed by atoms with Gasteiger partial charge in [0.1, 0.15) is 11.2 Å². The number of hydrogen-bond donors (Lipinski definition) is 0. The van der Waals surface area contributed by atoms with Crippen LogP contribution >= 0.6 is 0 Å². The van der Waals surface area contributed by atoms with E-state index in [4.69, 9.17) is 31.8 Å². The van der Waals surface area contributed by atoms with Crippen molar-refractivity contribution in [2.24, 2.45) is 0 Å². The van der Waals surface area contributed by atoms with E-state index in [0.717, 1.165) is 0 Å². The summed E-state index contributed by atoms with van der Waals surface area (Å²) in [4.78, 5) is 0.294. The SMILES string of the molecule is [2H]c1c([2H])c([2H])c(-c2c([2H])c([2H])c(N(c3c([2H])c([2H])c(-c4c([2H])c([2H])c([2H])c([2H])c4[2H])c([2H])c3[2H])c3c([2H])c([2H])c(-c4c([2H])c([2H])c([2H])c([2H])c4-n4c5c([2H])c([2H])c([2H])c([2H])c5c5c([2H])c([2H])c([2H])c([2H])c54)c4oc5c([2H])c([2H])c([2H])c([2H])c5c34)c([2H])c2[2H])c([2H])c1[2H]. The maximum atomic E-state index is 10.3. The third-order valence-electron chi connectivity index (χ3n) is 8.67. The lowest BCUT2D eigenvalue weighted by atomic mass is 9.98. The minimum atomic E-state index is -1.42. The van der Waals surface area contributed by atoms with Crippen molar-refractivity contribution in [3.05, 3.63) is 218 Å². The lowest BCUT2D eigenvalue weighted by molar-refractivity contribution is 0.670. The number of anilines is 3. The molecule has 2 aromatic heterocycles. The number of fused-ring (bicyclic) bond motifs is 6. The van der Waals surface area contributed by atoms with Gasteiger partial charge in [-0.25, -0.2) is 0 Å². The number of hydrogen-bond acceptors (Lipinski definition) is 2. The summed E-state index contributed by atoms with van der Waals surface area (Å²) in [5, 5.41) is -3.08. The van der Waals surface area contributed by atoms with Gasteiger partial charge in [-0.1, -0.05) is 157 Å². The Hall–Kier alpha value is -7.62. The molecule has 0 aliphatic heterocycles.